The Kier molecular flexibility index (Phi) is 3.62. The molecule has 0 aliphatic rings. The highest BCUT2D eigenvalue weighted by molar-refractivity contribution is 7.92. The van der Waals surface area contributed by atoms with Crippen LogP contribution >= 0.6 is 0 Å². The Bertz CT molecular complexity index is 929. The average Bonchev–Trinajstić information content (AvgIpc) is 2.89. The first-order chi connectivity index (χ1) is 10.5. The first-order valence-electron chi connectivity index (χ1n) is 7.06. The van der Waals surface area contributed by atoms with Gasteiger partial charge in [0.05, 0.1) is 21.6 Å². The molecule has 1 heterocycles. The van der Waals surface area contributed by atoms with Gasteiger partial charge in [-0.15, -0.1) is 0 Å². The number of hydrogen-bond acceptors (Lipinski definition) is 3. The van der Waals surface area contributed by atoms with Crippen LogP contribution in [0.15, 0.2) is 47.4 Å². The van der Waals surface area contributed by atoms with Crippen LogP contribution in [0, 0.1) is 6.92 Å². The largest absolute Gasteiger partial charge is 0.342 e. The second-order valence-electron chi connectivity index (χ2n) is 5.19. The number of aryl methyl sites for hydroxylation is 2. The summed E-state index contributed by atoms with van der Waals surface area (Å²) < 4.78 is 27.4. The summed E-state index contributed by atoms with van der Waals surface area (Å²) in [4.78, 5) is 7.84. The van der Waals surface area contributed by atoms with Crippen LogP contribution in [0.5, 0.6) is 0 Å². The van der Waals surface area contributed by atoms with Crippen molar-refractivity contribution < 1.29 is 8.42 Å². The summed E-state index contributed by atoms with van der Waals surface area (Å²) >= 11 is 0. The van der Waals surface area contributed by atoms with E-state index in [2.05, 4.69) is 14.7 Å². The third kappa shape index (κ3) is 2.82. The van der Waals surface area contributed by atoms with E-state index in [9.17, 15) is 8.42 Å². The maximum Gasteiger partial charge on any atom is 0.261 e. The van der Waals surface area contributed by atoms with E-state index in [1.807, 2.05) is 19.9 Å². The number of benzene rings is 2. The fraction of sp³-hybridized carbons (Fsp3) is 0.188. The molecule has 0 saturated heterocycles. The van der Waals surface area contributed by atoms with Crippen molar-refractivity contribution in [1.82, 2.24) is 9.97 Å². The van der Waals surface area contributed by atoms with E-state index in [0.717, 1.165) is 28.8 Å². The molecule has 114 valence electrons. The number of hydrogen-bond donors (Lipinski definition) is 2. The summed E-state index contributed by atoms with van der Waals surface area (Å²) in [5, 5.41) is 0. The van der Waals surface area contributed by atoms with E-state index in [1.165, 1.54) is 0 Å². The van der Waals surface area contributed by atoms with E-state index in [1.54, 1.807) is 36.4 Å². The van der Waals surface area contributed by atoms with Gasteiger partial charge < -0.3 is 4.98 Å². The van der Waals surface area contributed by atoms with Crippen LogP contribution in [0.2, 0.25) is 0 Å². The van der Waals surface area contributed by atoms with Crippen LogP contribution in [-0.4, -0.2) is 18.4 Å². The Morgan fingerprint density at radius 2 is 2.00 bits per heavy atom. The molecule has 3 aromatic rings. The molecule has 0 aliphatic carbocycles. The minimum absolute atomic E-state index is 0.256. The van der Waals surface area contributed by atoms with E-state index in [4.69, 9.17) is 0 Å². The Labute approximate surface area is 129 Å². The van der Waals surface area contributed by atoms with Gasteiger partial charge in [0.1, 0.15) is 5.82 Å². The smallest absolute Gasteiger partial charge is 0.261 e. The van der Waals surface area contributed by atoms with Gasteiger partial charge in [0, 0.05) is 6.42 Å². The zero-order valence-electron chi connectivity index (χ0n) is 12.4. The molecule has 1 aromatic heterocycles. The molecule has 0 saturated carbocycles. The molecule has 0 unspecified atom stereocenters. The lowest BCUT2D eigenvalue weighted by atomic mass is 10.2. The lowest BCUT2D eigenvalue weighted by Gasteiger charge is -2.08. The summed E-state index contributed by atoms with van der Waals surface area (Å²) in [6.07, 6.45) is 0.805. The van der Waals surface area contributed by atoms with Crippen LogP contribution in [0.25, 0.3) is 11.0 Å². The lowest BCUT2D eigenvalue weighted by molar-refractivity contribution is 0.601. The monoisotopic (exact) mass is 315 g/mol. The highest BCUT2D eigenvalue weighted by Gasteiger charge is 2.14. The Morgan fingerprint density at radius 1 is 1.18 bits per heavy atom. The Morgan fingerprint density at radius 3 is 2.73 bits per heavy atom. The van der Waals surface area contributed by atoms with Crippen molar-refractivity contribution in [2.75, 3.05) is 4.72 Å². The van der Waals surface area contributed by atoms with Crippen molar-refractivity contribution in [3.05, 3.63) is 53.9 Å². The number of nitrogens with one attached hydrogen (secondary N) is 2. The van der Waals surface area contributed by atoms with Crippen LogP contribution in [-0.2, 0) is 16.4 Å². The topological polar surface area (TPSA) is 74.8 Å². The van der Waals surface area contributed by atoms with Gasteiger partial charge >= 0.3 is 0 Å². The number of sulfonamides is 1. The minimum Gasteiger partial charge on any atom is -0.342 e. The molecule has 0 fully saturated rings. The Hall–Kier alpha value is -2.34. The maximum atomic E-state index is 12.4. The standard InChI is InChI=1S/C16H17N3O2S/c1-3-16-17-14-8-7-12(10-15(14)18-16)19-22(20,21)13-6-4-5-11(2)9-13/h4-10,19H,3H2,1-2H3,(H,17,18). The second kappa shape index (κ2) is 5.46. The van der Waals surface area contributed by atoms with E-state index in [0.29, 0.717) is 5.69 Å². The third-order valence-electron chi connectivity index (χ3n) is 3.42. The van der Waals surface area contributed by atoms with Crippen LogP contribution in [0.3, 0.4) is 0 Å². The summed E-state index contributed by atoms with van der Waals surface area (Å²) in [6.45, 7) is 3.88. The zero-order chi connectivity index (χ0) is 15.7. The van der Waals surface area contributed by atoms with Crippen molar-refractivity contribution in [3.63, 3.8) is 0 Å². The molecule has 2 N–H and O–H groups in total. The molecule has 0 atom stereocenters. The summed E-state index contributed by atoms with van der Waals surface area (Å²) in [7, 11) is -3.59. The number of H-pyrrole nitrogens is 1. The van der Waals surface area contributed by atoms with Gasteiger partial charge in [-0.05, 0) is 42.8 Å². The molecule has 0 bridgehead atoms. The lowest BCUT2D eigenvalue weighted by Crippen LogP contribution is -2.12. The molecule has 0 aliphatic heterocycles. The molecule has 22 heavy (non-hydrogen) atoms. The number of aromatic nitrogens is 2. The average molecular weight is 315 g/mol. The molecule has 5 nitrogen and oxygen atoms in total. The summed E-state index contributed by atoms with van der Waals surface area (Å²) in [6, 6.07) is 12.1. The molecular weight excluding hydrogens is 298 g/mol. The van der Waals surface area contributed by atoms with Crippen LogP contribution < -0.4 is 4.72 Å². The van der Waals surface area contributed by atoms with Gasteiger partial charge in [-0.1, -0.05) is 19.1 Å². The summed E-state index contributed by atoms with van der Waals surface area (Å²) in [5.74, 6) is 0.883. The number of anilines is 1. The second-order valence-corrected chi connectivity index (χ2v) is 6.87. The quantitative estimate of drug-likeness (QED) is 0.776. The normalized spacial score (nSPS) is 11.7. The number of fused-ring (bicyclic) bond motifs is 1. The summed E-state index contributed by atoms with van der Waals surface area (Å²) in [5.41, 5.74) is 3.07. The maximum absolute atomic E-state index is 12.4. The van der Waals surface area contributed by atoms with Crippen molar-refractivity contribution in [2.45, 2.75) is 25.2 Å². The van der Waals surface area contributed by atoms with E-state index < -0.39 is 10.0 Å². The van der Waals surface area contributed by atoms with E-state index >= 15 is 0 Å². The van der Waals surface area contributed by atoms with Crippen molar-refractivity contribution >= 4 is 26.7 Å². The molecule has 0 amide bonds. The highest BCUT2D eigenvalue weighted by Crippen LogP contribution is 2.21. The van der Waals surface area contributed by atoms with Crippen molar-refractivity contribution in [3.8, 4) is 0 Å². The number of nitrogens with zero attached hydrogens (tertiary/aromatic N) is 1. The molecule has 3 rings (SSSR count). The molecule has 0 spiro atoms. The minimum atomic E-state index is -3.59. The van der Waals surface area contributed by atoms with Gasteiger partial charge in [-0.3, -0.25) is 4.72 Å². The number of rotatable bonds is 4. The molecule has 6 heteroatoms. The highest BCUT2D eigenvalue weighted by atomic mass is 32.2. The van der Waals surface area contributed by atoms with Gasteiger partial charge in [0.2, 0.25) is 0 Å². The van der Waals surface area contributed by atoms with Gasteiger partial charge in [-0.25, -0.2) is 13.4 Å². The SMILES string of the molecule is CCc1nc2ccc(NS(=O)(=O)c3cccc(C)c3)cc2[nH]1. The third-order valence-corrected chi connectivity index (χ3v) is 4.80. The van der Waals surface area contributed by atoms with E-state index in [-0.39, 0.29) is 4.90 Å². The van der Waals surface area contributed by atoms with Crippen molar-refractivity contribution in [1.29, 1.82) is 0 Å². The molecular formula is C16H17N3O2S. The van der Waals surface area contributed by atoms with Crippen molar-refractivity contribution in [2.24, 2.45) is 0 Å². The number of aromatic amines is 1. The van der Waals surface area contributed by atoms with Gasteiger partial charge in [0.15, 0.2) is 0 Å². The predicted octanol–water partition coefficient (Wildman–Crippen LogP) is 3.23. The molecule has 0 radical (unpaired) electrons. The fourth-order valence-electron chi connectivity index (χ4n) is 2.29. The number of imidazole rings is 1. The first-order valence-corrected chi connectivity index (χ1v) is 8.54. The first kappa shape index (κ1) is 14.6. The van der Waals surface area contributed by atoms with Crippen LogP contribution in [0.1, 0.15) is 18.3 Å². The Balaban J connectivity index is 1.94. The molecule has 2 aromatic carbocycles. The predicted molar refractivity (Wildman–Crippen MR) is 87.5 cm³/mol. The van der Waals surface area contributed by atoms with Crippen LogP contribution in [0.4, 0.5) is 5.69 Å². The van der Waals surface area contributed by atoms with Gasteiger partial charge in [0.25, 0.3) is 10.0 Å². The zero-order valence-corrected chi connectivity index (χ0v) is 13.2. The fourth-order valence-corrected chi connectivity index (χ4v) is 3.44. The van der Waals surface area contributed by atoms with Gasteiger partial charge in [-0.2, -0.15) is 0 Å².